The first kappa shape index (κ1) is 21.9. The largest absolute Gasteiger partial charge is 0.426 e. The Morgan fingerprint density at radius 3 is 2.43 bits per heavy atom. The van der Waals surface area contributed by atoms with Crippen molar-refractivity contribution in [3.8, 4) is 0 Å². The number of benzene rings is 1. The highest BCUT2D eigenvalue weighted by Crippen LogP contribution is 2.33. The number of hydrogen-bond acceptors (Lipinski definition) is 6. The Morgan fingerprint density at radius 1 is 1.29 bits per heavy atom. The first-order valence-corrected chi connectivity index (χ1v) is 9.25. The third-order valence-electron chi connectivity index (χ3n) is 3.71. The van der Waals surface area contributed by atoms with Gasteiger partial charge in [0.05, 0.1) is 21.8 Å². The van der Waals surface area contributed by atoms with E-state index in [0.717, 1.165) is 22.5 Å². The number of hydrogen-bond donors (Lipinski definition) is 2. The zero-order valence-corrected chi connectivity index (χ0v) is 16.0. The molecule has 0 saturated heterocycles. The summed E-state index contributed by atoms with van der Waals surface area (Å²) in [6.07, 6.45) is -1.35. The SMILES string of the molecule is CN(c1cnccn1)S(=O)(=O)c1ccc(NC(=O)C(C)(O)C(F)(F)F)c(Cl)c1. The number of carbonyl (C=O) groups excluding carboxylic acids is 1. The van der Waals surface area contributed by atoms with E-state index in [0.29, 0.717) is 0 Å². The van der Waals surface area contributed by atoms with Gasteiger partial charge in [-0.1, -0.05) is 11.6 Å². The molecule has 0 bridgehead atoms. The third-order valence-corrected chi connectivity index (χ3v) is 5.78. The number of rotatable bonds is 5. The summed E-state index contributed by atoms with van der Waals surface area (Å²) in [5.74, 6) is -1.74. The summed E-state index contributed by atoms with van der Waals surface area (Å²) in [4.78, 5) is 19.0. The fourth-order valence-corrected chi connectivity index (χ4v) is 3.32. The summed E-state index contributed by atoms with van der Waals surface area (Å²) >= 11 is 5.91. The van der Waals surface area contributed by atoms with E-state index >= 15 is 0 Å². The van der Waals surface area contributed by atoms with Gasteiger partial charge in [0.2, 0.25) is 5.60 Å². The average molecular weight is 439 g/mol. The molecule has 0 spiro atoms. The summed E-state index contributed by atoms with van der Waals surface area (Å²) in [6, 6.07) is 2.98. The Balaban J connectivity index is 2.31. The molecule has 28 heavy (non-hydrogen) atoms. The maximum Gasteiger partial charge on any atom is 0.426 e. The first-order chi connectivity index (χ1) is 12.8. The van der Waals surface area contributed by atoms with Crippen LogP contribution >= 0.6 is 11.6 Å². The molecule has 1 aromatic carbocycles. The minimum atomic E-state index is -5.22. The van der Waals surface area contributed by atoms with E-state index in [1.807, 2.05) is 5.32 Å². The van der Waals surface area contributed by atoms with Crippen molar-refractivity contribution >= 4 is 39.0 Å². The Morgan fingerprint density at radius 2 is 1.93 bits per heavy atom. The lowest BCUT2D eigenvalue weighted by atomic mass is 10.1. The second-order valence-electron chi connectivity index (χ2n) is 5.70. The van der Waals surface area contributed by atoms with Crippen molar-refractivity contribution in [1.29, 1.82) is 0 Å². The smallest absolute Gasteiger partial charge is 0.373 e. The van der Waals surface area contributed by atoms with Crippen LogP contribution < -0.4 is 9.62 Å². The highest BCUT2D eigenvalue weighted by molar-refractivity contribution is 7.92. The Kier molecular flexibility index (Phi) is 5.87. The lowest BCUT2D eigenvalue weighted by Crippen LogP contribution is -2.52. The number of nitrogens with one attached hydrogen (secondary N) is 1. The zero-order valence-electron chi connectivity index (χ0n) is 14.4. The van der Waals surface area contributed by atoms with Crippen LogP contribution in [-0.4, -0.2) is 48.2 Å². The molecular formula is C15H14ClF3N4O4S. The monoisotopic (exact) mass is 438 g/mol. The molecule has 1 heterocycles. The van der Waals surface area contributed by atoms with Crippen molar-refractivity contribution in [2.24, 2.45) is 0 Å². The average Bonchev–Trinajstić information content (AvgIpc) is 2.62. The van der Waals surface area contributed by atoms with E-state index in [1.165, 1.54) is 25.6 Å². The number of nitrogens with zero attached hydrogens (tertiary/aromatic N) is 3. The first-order valence-electron chi connectivity index (χ1n) is 7.43. The van der Waals surface area contributed by atoms with Crippen LogP contribution in [0.25, 0.3) is 0 Å². The van der Waals surface area contributed by atoms with Crippen LogP contribution in [0.5, 0.6) is 0 Å². The van der Waals surface area contributed by atoms with Crippen LogP contribution in [0.3, 0.4) is 0 Å². The molecule has 8 nitrogen and oxygen atoms in total. The second kappa shape index (κ2) is 7.53. The topological polar surface area (TPSA) is 112 Å². The van der Waals surface area contributed by atoms with Gasteiger partial charge in [0.1, 0.15) is 0 Å². The van der Waals surface area contributed by atoms with Crippen LogP contribution in [-0.2, 0) is 14.8 Å². The van der Waals surface area contributed by atoms with Crippen LogP contribution in [0.2, 0.25) is 5.02 Å². The standard InChI is InChI=1S/C15H14ClF3N4O4S/c1-14(25,15(17,18)19)13(24)22-11-4-3-9(7-10(11)16)28(26,27)23(2)12-8-20-5-6-21-12/h3-8,25H,1-2H3,(H,22,24). The van der Waals surface area contributed by atoms with E-state index in [9.17, 15) is 31.5 Å². The van der Waals surface area contributed by atoms with E-state index in [4.69, 9.17) is 11.6 Å². The van der Waals surface area contributed by atoms with Crippen molar-refractivity contribution in [1.82, 2.24) is 9.97 Å². The van der Waals surface area contributed by atoms with E-state index in [1.54, 1.807) is 0 Å². The predicted molar refractivity (Wildman–Crippen MR) is 94.4 cm³/mol. The zero-order chi connectivity index (χ0) is 21.3. The molecule has 2 rings (SSSR count). The van der Waals surface area contributed by atoms with E-state index in [-0.39, 0.29) is 28.3 Å². The molecule has 1 atom stereocenters. The highest BCUT2D eigenvalue weighted by Gasteiger charge is 2.55. The fourth-order valence-electron chi connectivity index (χ4n) is 1.87. The molecule has 0 radical (unpaired) electrons. The molecule has 0 aliphatic carbocycles. The second-order valence-corrected chi connectivity index (χ2v) is 8.08. The maximum atomic E-state index is 12.7. The number of anilines is 2. The van der Waals surface area contributed by atoms with Gasteiger partial charge < -0.3 is 10.4 Å². The minimum absolute atomic E-state index is 0.0252. The molecule has 2 N–H and O–H groups in total. The third kappa shape index (κ3) is 4.18. The predicted octanol–water partition coefficient (Wildman–Crippen LogP) is 2.21. The summed E-state index contributed by atoms with van der Waals surface area (Å²) in [6.45, 7) is 0.283. The van der Waals surface area contributed by atoms with Gasteiger partial charge in [-0.3, -0.25) is 14.1 Å². The van der Waals surface area contributed by atoms with Gasteiger partial charge in [0, 0.05) is 19.4 Å². The number of halogens is 4. The van der Waals surface area contributed by atoms with Crippen LogP contribution in [0.15, 0.2) is 41.7 Å². The normalized spacial score (nSPS) is 14.2. The van der Waals surface area contributed by atoms with Gasteiger partial charge in [-0.25, -0.2) is 13.4 Å². The summed E-state index contributed by atoms with van der Waals surface area (Å²) in [7, 11) is -2.88. The lowest BCUT2D eigenvalue weighted by Gasteiger charge is -2.25. The van der Waals surface area contributed by atoms with Crippen LogP contribution in [0, 0.1) is 0 Å². The number of carbonyl (C=O) groups is 1. The minimum Gasteiger partial charge on any atom is -0.373 e. The molecule has 0 fully saturated rings. The molecule has 1 unspecified atom stereocenters. The van der Waals surface area contributed by atoms with Crippen molar-refractivity contribution in [3.05, 3.63) is 41.8 Å². The van der Waals surface area contributed by atoms with Gasteiger partial charge >= 0.3 is 6.18 Å². The molecule has 1 amide bonds. The molecule has 1 aromatic heterocycles. The molecule has 0 saturated carbocycles. The van der Waals surface area contributed by atoms with Crippen molar-refractivity contribution < 1.29 is 31.5 Å². The summed E-state index contributed by atoms with van der Waals surface area (Å²) < 4.78 is 64.3. The van der Waals surface area contributed by atoms with Crippen molar-refractivity contribution in [2.45, 2.75) is 23.6 Å². The van der Waals surface area contributed by atoms with Gasteiger partial charge in [-0.15, -0.1) is 0 Å². The van der Waals surface area contributed by atoms with E-state index < -0.39 is 27.7 Å². The molecule has 13 heteroatoms. The van der Waals surface area contributed by atoms with Crippen molar-refractivity contribution in [2.75, 3.05) is 16.7 Å². The van der Waals surface area contributed by atoms with Gasteiger partial charge in [-0.05, 0) is 25.1 Å². The number of sulfonamides is 1. The van der Waals surface area contributed by atoms with Crippen molar-refractivity contribution in [3.63, 3.8) is 0 Å². The Bertz CT molecular complexity index is 985. The number of amides is 1. The molecular weight excluding hydrogens is 425 g/mol. The molecule has 0 aliphatic heterocycles. The van der Waals surface area contributed by atoms with Gasteiger partial charge in [0.25, 0.3) is 15.9 Å². The van der Waals surface area contributed by atoms with Gasteiger partial charge in [0.15, 0.2) is 5.82 Å². The number of aromatic nitrogens is 2. The summed E-state index contributed by atoms with van der Waals surface area (Å²) in [5, 5.41) is 10.8. The van der Waals surface area contributed by atoms with Crippen LogP contribution in [0.4, 0.5) is 24.7 Å². The fraction of sp³-hybridized carbons (Fsp3) is 0.267. The number of alkyl halides is 3. The summed E-state index contributed by atoms with van der Waals surface area (Å²) in [5.41, 5.74) is -3.97. The van der Waals surface area contributed by atoms with E-state index in [2.05, 4.69) is 9.97 Å². The van der Waals surface area contributed by atoms with Gasteiger partial charge in [-0.2, -0.15) is 13.2 Å². The molecule has 0 aliphatic rings. The number of aliphatic hydroxyl groups is 1. The maximum absolute atomic E-state index is 12.7. The Hall–Kier alpha value is -2.44. The molecule has 152 valence electrons. The van der Waals surface area contributed by atoms with Crippen LogP contribution in [0.1, 0.15) is 6.92 Å². The lowest BCUT2D eigenvalue weighted by molar-refractivity contribution is -0.242. The highest BCUT2D eigenvalue weighted by atomic mass is 35.5. The Labute approximate surface area is 163 Å². The quantitative estimate of drug-likeness (QED) is 0.740. The molecule has 2 aromatic rings.